The van der Waals surface area contributed by atoms with Crippen LogP contribution in [0.15, 0.2) is 48.5 Å². The first-order valence-corrected chi connectivity index (χ1v) is 10.4. The van der Waals surface area contributed by atoms with E-state index in [1.165, 1.54) is 17.7 Å². The Labute approximate surface area is 186 Å². The van der Waals surface area contributed by atoms with Crippen LogP contribution in [0.1, 0.15) is 28.8 Å². The molecular formula is C25H25FN4O2. The fourth-order valence-corrected chi connectivity index (χ4v) is 3.88. The van der Waals surface area contributed by atoms with Gasteiger partial charge in [-0.2, -0.15) is 10.1 Å². The van der Waals surface area contributed by atoms with Crippen molar-refractivity contribution in [2.45, 2.75) is 33.6 Å². The van der Waals surface area contributed by atoms with Crippen molar-refractivity contribution >= 4 is 22.6 Å². The highest BCUT2D eigenvalue weighted by Gasteiger charge is 2.20. The standard InChI is InChI=1S/C25H25FN4O2/c1-15-9-11-18(12-10-15)30-24-23(17(3)29-30)16(2)19(25(28-24)32-4)13-14-22(31)27-21-8-6-5-7-20(21)26/h5-12H,13-14H2,1-4H3,(H,27,31). The zero-order valence-electron chi connectivity index (χ0n) is 18.6. The van der Waals surface area contributed by atoms with Gasteiger partial charge in [0.1, 0.15) is 5.82 Å². The fraction of sp³-hybridized carbons (Fsp3) is 0.240. The molecule has 0 aliphatic heterocycles. The van der Waals surface area contributed by atoms with Crippen LogP contribution in [-0.2, 0) is 11.2 Å². The first kappa shape index (κ1) is 21.5. The van der Waals surface area contributed by atoms with Crippen molar-refractivity contribution in [2.75, 3.05) is 12.4 Å². The third kappa shape index (κ3) is 4.06. The van der Waals surface area contributed by atoms with Crippen LogP contribution in [0.5, 0.6) is 5.88 Å². The molecular weight excluding hydrogens is 407 g/mol. The summed E-state index contributed by atoms with van der Waals surface area (Å²) in [5, 5.41) is 8.27. The number of pyridine rings is 1. The van der Waals surface area contributed by atoms with Gasteiger partial charge in [-0.25, -0.2) is 9.07 Å². The SMILES string of the molecule is COc1nc2c(c(C)nn2-c2ccc(C)cc2)c(C)c1CCC(=O)Nc1ccccc1F. The molecule has 4 aromatic rings. The van der Waals surface area contributed by atoms with E-state index in [1.54, 1.807) is 19.2 Å². The zero-order chi connectivity index (χ0) is 22.8. The molecule has 32 heavy (non-hydrogen) atoms. The number of para-hydroxylation sites is 1. The van der Waals surface area contributed by atoms with Gasteiger partial charge in [0.2, 0.25) is 11.8 Å². The molecule has 2 aromatic heterocycles. The van der Waals surface area contributed by atoms with E-state index in [9.17, 15) is 9.18 Å². The molecule has 4 rings (SSSR count). The molecule has 0 bridgehead atoms. The van der Waals surface area contributed by atoms with E-state index in [1.807, 2.05) is 49.7 Å². The predicted molar refractivity (Wildman–Crippen MR) is 123 cm³/mol. The van der Waals surface area contributed by atoms with Crippen LogP contribution in [0.3, 0.4) is 0 Å². The Balaban J connectivity index is 1.66. The van der Waals surface area contributed by atoms with Gasteiger partial charge in [0.25, 0.3) is 0 Å². The number of anilines is 1. The van der Waals surface area contributed by atoms with Gasteiger partial charge in [0, 0.05) is 17.4 Å². The second-order valence-electron chi connectivity index (χ2n) is 7.78. The minimum atomic E-state index is -0.461. The maximum atomic E-state index is 13.8. The van der Waals surface area contributed by atoms with E-state index in [0.29, 0.717) is 17.9 Å². The lowest BCUT2D eigenvalue weighted by Crippen LogP contribution is -2.14. The number of rotatable bonds is 6. The Morgan fingerprint density at radius 1 is 1.09 bits per heavy atom. The van der Waals surface area contributed by atoms with Crippen molar-refractivity contribution in [3.8, 4) is 11.6 Å². The highest BCUT2D eigenvalue weighted by atomic mass is 19.1. The van der Waals surface area contributed by atoms with Crippen LogP contribution in [0.2, 0.25) is 0 Å². The van der Waals surface area contributed by atoms with E-state index >= 15 is 0 Å². The topological polar surface area (TPSA) is 69.0 Å². The molecule has 0 unspecified atom stereocenters. The quantitative estimate of drug-likeness (QED) is 0.462. The van der Waals surface area contributed by atoms with E-state index < -0.39 is 5.82 Å². The molecule has 0 spiro atoms. The van der Waals surface area contributed by atoms with Crippen molar-refractivity contribution in [3.63, 3.8) is 0 Å². The number of nitrogens with zero attached hydrogens (tertiary/aromatic N) is 3. The number of carbonyl (C=O) groups excluding carboxylic acids is 1. The minimum Gasteiger partial charge on any atom is -0.481 e. The number of halogens is 1. The molecule has 2 aromatic carbocycles. The van der Waals surface area contributed by atoms with Crippen LogP contribution in [-0.4, -0.2) is 27.8 Å². The molecule has 0 aliphatic rings. The monoisotopic (exact) mass is 432 g/mol. The van der Waals surface area contributed by atoms with E-state index in [0.717, 1.165) is 27.9 Å². The number of fused-ring (bicyclic) bond motifs is 1. The number of amides is 1. The average Bonchev–Trinajstić information content (AvgIpc) is 3.11. The Morgan fingerprint density at radius 2 is 1.81 bits per heavy atom. The van der Waals surface area contributed by atoms with Crippen LogP contribution in [0.4, 0.5) is 10.1 Å². The van der Waals surface area contributed by atoms with E-state index in [4.69, 9.17) is 14.8 Å². The summed E-state index contributed by atoms with van der Waals surface area (Å²) in [5.41, 5.74) is 5.63. The lowest BCUT2D eigenvalue weighted by molar-refractivity contribution is -0.116. The van der Waals surface area contributed by atoms with Gasteiger partial charge in [-0.05, 0) is 57.0 Å². The molecule has 7 heteroatoms. The van der Waals surface area contributed by atoms with Crippen molar-refractivity contribution in [1.29, 1.82) is 0 Å². The maximum absolute atomic E-state index is 13.8. The molecule has 2 heterocycles. The number of aromatic nitrogens is 3. The molecule has 0 fully saturated rings. The average molecular weight is 432 g/mol. The first-order chi connectivity index (χ1) is 15.4. The van der Waals surface area contributed by atoms with Crippen LogP contribution >= 0.6 is 0 Å². The Morgan fingerprint density at radius 3 is 2.50 bits per heavy atom. The van der Waals surface area contributed by atoms with Gasteiger partial charge in [-0.1, -0.05) is 29.8 Å². The summed E-state index contributed by atoms with van der Waals surface area (Å²) < 4.78 is 21.2. The molecule has 0 atom stereocenters. The number of methoxy groups -OCH3 is 1. The Hall–Kier alpha value is -3.74. The molecule has 0 saturated carbocycles. The van der Waals surface area contributed by atoms with Crippen LogP contribution in [0, 0.1) is 26.6 Å². The van der Waals surface area contributed by atoms with Crippen LogP contribution < -0.4 is 10.1 Å². The number of nitrogens with one attached hydrogen (secondary N) is 1. The number of hydrogen-bond acceptors (Lipinski definition) is 4. The summed E-state index contributed by atoms with van der Waals surface area (Å²) in [6.07, 6.45) is 0.581. The van der Waals surface area contributed by atoms with Crippen LogP contribution in [0.25, 0.3) is 16.7 Å². The van der Waals surface area contributed by atoms with Gasteiger partial charge in [0.05, 0.1) is 24.2 Å². The number of hydrogen-bond donors (Lipinski definition) is 1. The Kier molecular flexibility index (Phi) is 5.90. The summed E-state index contributed by atoms with van der Waals surface area (Å²) in [7, 11) is 1.57. The maximum Gasteiger partial charge on any atom is 0.224 e. The van der Waals surface area contributed by atoms with E-state index in [2.05, 4.69) is 5.32 Å². The number of carbonyl (C=O) groups is 1. The largest absolute Gasteiger partial charge is 0.481 e. The summed E-state index contributed by atoms with van der Waals surface area (Å²) in [4.78, 5) is 17.2. The number of benzene rings is 2. The molecule has 1 amide bonds. The van der Waals surface area contributed by atoms with Gasteiger partial charge >= 0.3 is 0 Å². The summed E-state index contributed by atoms with van der Waals surface area (Å²) >= 11 is 0. The molecule has 1 N–H and O–H groups in total. The van der Waals surface area contributed by atoms with Crippen molar-refractivity contribution in [2.24, 2.45) is 0 Å². The van der Waals surface area contributed by atoms with Gasteiger partial charge in [0.15, 0.2) is 5.65 Å². The van der Waals surface area contributed by atoms with Gasteiger partial charge < -0.3 is 10.1 Å². The third-order valence-corrected chi connectivity index (χ3v) is 5.55. The second-order valence-corrected chi connectivity index (χ2v) is 7.78. The molecule has 0 radical (unpaired) electrons. The smallest absolute Gasteiger partial charge is 0.224 e. The van der Waals surface area contributed by atoms with Gasteiger partial charge in [-0.3, -0.25) is 4.79 Å². The lowest BCUT2D eigenvalue weighted by Gasteiger charge is -2.13. The molecule has 0 aliphatic carbocycles. The van der Waals surface area contributed by atoms with Crippen molar-refractivity contribution in [1.82, 2.24) is 14.8 Å². The predicted octanol–water partition coefficient (Wildman–Crippen LogP) is 5.06. The lowest BCUT2D eigenvalue weighted by atomic mass is 10.0. The second kappa shape index (κ2) is 8.78. The number of ether oxygens (including phenoxy) is 1. The highest BCUT2D eigenvalue weighted by Crippen LogP contribution is 2.32. The molecule has 0 saturated heterocycles. The fourth-order valence-electron chi connectivity index (χ4n) is 3.88. The first-order valence-electron chi connectivity index (χ1n) is 10.4. The number of aryl methyl sites for hydroxylation is 3. The minimum absolute atomic E-state index is 0.171. The Bertz CT molecular complexity index is 1300. The summed E-state index contributed by atoms with van der Waals surface area (Å²) in [6.45, 7) is 5.98. The van der Waals surface area contributed by atoms with E-state index in [-0.39, 0.29) is 18.0 Å². The van der Waals surface area contributed by atoms with Crippen molar-refractivity contribution in [3.05, 3.63) is 76.7 Å². The zero-order valence-corrected chi connectivity index (χ0v) is 18.6. The van der Waals surface area contributed by atoms with Gasteiger partial charge in [-0.15, -0.1) is 0 Å². The third-order valence-electron chi connectivity index (χ3n) is 5.55. The summed E-state index contributed by atoms with van der Waals surface area (Å²) in [5.74, 6) is -0.275. The van der Waals surface area contributed by atoms with Crippen molar-refractivity contribution < 1.29 is 13.9 Å². The molecule has 164 valence electrons. The summed E-state index contributed by atoms with van der Waals surface area (Å²) in [6, 6.07) is 14.2. The normalized spacial score (nSPS) is 11.0. The molecule has 6 nitrogen and oxygen atoms in total. The highest BCUT2D eigenvalue weighted by molar-refractivity contribution is 5.91.